The van der Waals surface area contributed by atoms with Crippen LogP contribution in [0.25, 0.3) is 0 Å². The number of fused-ring (bicyclic) bond motifs is 2. The maximum absolute atomic E-state index is 12.7. The minimum Gasteiger partial charge on any atom is -0.348 e. The zero-order valence-electron chi connectivity index (χ0n) is 14.8. The molecule has 2 heterocycles. The number of rotatable bonds is 4. The minimum absolute atomic E-state index is 0.0528. The second kappa shape index (κ2) is 6.47. The fourth-order valence-electron chi connectivity index (χ4n) is 5.24. The van der Waals surface area contributed by atoms with E-state index in [0.717, 1.165) is 43.5 Å². The second-order valence-corrected chi connectivity index (χ2v) is 8.05. The number of amides is 1. The lowest BCUT2D eigenvalue weighted by atomic mass is 9.84. The van der Waals surface area contributed by atoms with Gasteiger partial charge >= 0.3 is 0 Å². The van der Waals surface area contributed by atoms with Gasteiger partial charge in [-0.1, -0.05) is 11.6 Å². The Morgan fingerprint density at radius 3 is 2.71 bits per heavy atom. The first-order valence-corrected chi connectivity index (χ1v) is 9.57. The third-order valence-electron chi connectivity index (χ3n) is 6.59. The predicted molar refractivity (Wildman–Crippen MR) is 91.8 cm³/mol. The van der Waals surface area contributed by atoms with Crippen LogP contribution in [-0.2, 0) is 0 Å². The molecule has 1 aromatic rings. The summed E-state index contributed by atoms with van der Waals surface area (Å²) in [6.45, 7) is 6.15. The van der Waals surface area contributed by atoms with Gasteiger partial charge in [-0.2, -0.15) is 0 Å². The molecule has 6 nitrogen and oxygen atoms in total. The second-order valence-electron chi connectivity index (χ2n) is 8.05. The van der Waals surface area contributed by atoms with Crippen molar-refractivity contribution in [3.8, 4) is 0 Å². The maximum atomic E-state index is 12.7. The van der Waals surface area contributed by atoms with Crippen LogP contribution in [0.4, 0.5) is 0 Å². The Bertz CT molecular complexity index is 607. The van der Waals surface area contributed by atoms with Crippen LogP contribution in [0.5, 0.6) is 0 Å². The number of carbonyl (C=O) groups is 1. The topological polar surface area (TPSA) is 71.8 Å². The van der Waals surface area contributed by atoms with Gasteiger partial charge in [-0.15, -0.1) is 5.10 Å². The largest absolute Gasteiger partial charge is 0.348 e. The van der Waals surface area contributed by atoms with E-state index < -0.39 is 0 Å². The van der Waals surface area contributed by atoms with Gasteiger partial charge in [0.15, 0.2) is 5.69 Å². The van der Waals surface area contributed by atoms with E-state index >= 15 is 0 Å². The fraction of sp³-hybridized carbons (Fsp3) is 0.833. The molecular formula is C18H29N5O. The highest BCUT2D eigenvalue weighted by Gasteiger charge is 2.42. The molecule has 6 heteroatoms. The lowest BCUT2D eigenvalue weighted by Crippen LogP contribution is -2.40. The zero-order valence-corrected chi connectivity index (χ0v) is 14.8. The third kappa shape index (κ3) is 2.85. The summed E-state index contributed by atoms with van der Waals surface area (Å²) in [5.41, 5.74) is 1.41. The molecule has 24 heavy (non-hydrogen) atoms. The van der Waals surface area contributed by atoms with E-state index in [9.17, 15) is 4.79 Å². The standard InChI is InChI=1S/C18H29N5O/c1-11(16-10-13-3-4-14(16)9-13)20-18(24)17-12(2)23(22-21-17)15-5-7-19-8-6-15/h11,13-16,19H,3-10H2,1-2H3,(H,20,24). The monoisotopic (exact) mass is 331 g/mol. The molecule has 4 atom stereocenters. The molecule has 1 aromatic heterocycles. The number of carbonyl (C=O) groups excluding carboxylic acids is 1. The number of piperidine rings is 1. The Balaban J connectivity index is 1.42. The van der Waals surface area contributed by atoms with Gasteiger partial charge in [-0.05, 0) is 76.8 Å². The maximum Gasteiger partial charge on any atom is 0.273 e. The summed E-state index contributed by atoms with van der Waals surface area (Å²) < 4.78 is 1.96. The Labute approximate surface area is 143 Å². The van der Waals surface area contributed by atoms with Crippen LogP contribution in [0.2, 0.25) is 0 Å². The minimum atomic E-state index is -0.0528. The Morgan fingerprint density at radius 1 is 1.25 bits per heavy atom. The van der Waals surface area contributed by atoms with Crippen molar-refractivity contribution in [3.63, 3.8) is 0 Å². The molecular weight excluding hydrogens is 302 g/mol. The molecule has 2 N–H and O–H groups in total. The first-order chi connectivity index (χ1) is 11.6. The van der Waals surface area contributed by atoms with E-state index in [1.54, 1.807) is 0 Å². The fourth-order valence-corrected chi connectivity index (χ4v) is 5.24. The lowest BCUT2D eigenvalue weighted by molar-refractivity contribution is 0.0909. The molecule has 4 rings (SSSR count). The van der Waals surface area contributed by atoms with Crippen molar-refractivity contribution in [1.29, 1.82) is 0 Å². The molecule has 1 amide bonds. The van der Waals surface area contributed by atoms with Gasteiger partial charge in [0.05, 0.1) is 11.7 Å². The molecule has 2 bridgehead atoms. The first-order valence-electron chi connectivity index (χ1n) is 9.57. The quantitative estimate of drug-likeness (QED) is 0.886. The van der Waals surface area contributed by atoms with Crippen LogP contribution in [0.1, 0.15) is 67.7 Å². The van der Waals surface area contributed by atoms with Crippen LogP contribution >= 0.6 is 0 Å². The zero-order chi connectivity index (χ0) is 16.7. The van der Waals surface area contributed by atoms with E-state index in [2.05, 4.69) is 27.9 Å². The highest BCUT2D eigenvalue weighted by atomic mass is 16.2. The van der Waals surface area contributed by atoms with Crippen molar-refractivity contribution in [2.45, 2.75) is 64.5 Å². The van der Waals surface area contributed by atoms with Crippen molar-refractivity contribution in [2.75, 3.05) is 13.1 Å². The van der Waals surface area contributed by atoms with Crippen LogP contribution in [-0.4, -0.2) is 40.0 Å². The van der Waals surface area contributed by atoms with Crippen LogP contribution < -0.4 is 10.6 Å². The number of nitrogens with zero attached hydrogens (tertiary/aromatic N) is 3. The van der Waals surface area contributed by atoms with Crippen LogP contribution in [0, 0.1) is 24.7 Å². The molecule has 0 aromatic carbocycles. The SMILES string of the molecule is Cc1c(C(=O)NC(C)C2CC3CCC2C3)nnn1C1CCNCC1. The molecule has 2 saturated carbocycles. The average Bonchev–Trinajstić information content (AvgIpc) is 3.30. The van der Waals surface area contributed by atoms with E-state index in [0.29, 0.717) is 17.7 Å². The molecule has 0 radical (unpaired) electrons. The van der Waals surface area contributed by atoms with E-state index in [-0.39, 0.29) is 11.9 Å². The number of hydrogen-bond acceptors (Lipinski definition) is 4. The molecule has 1 aliphatic heterocycles. The van der Waals surface area contributed by atoms with Gasteiger partial charge in [-0.3, -0.25) is 4.79 Å². The predicted octanol–water partition coefficient (Wildman–Crippen LogP) is 2.07. The summed E-state index contributed by atoms with van der Waals surface area (Å²) in [4.78, 5) is 12.7. The molecule has 3 aliphatic rings. The van der Waals surface area contributed by atoms with E-state index in [1.807, 2.05) is 11.6 Å². The molecule has 4 unspecified atom stereocenters. The van der Waals surface area contributed by atoms with Gasteiger partial charge in [-0.25, -0.2) is 4.68 Å². The molecule has 1 saturated heterocycles. The summed E-state index contributed by atoms with van der Waals surface area (Å²) in [7, 11) is 0. The van der Waals surface area contributed by atoms with Crippen LogP contribution in [0.3, 0.4) is 0 Å². The summed E-state index contributed by atoms with van der Waals surface area (Å²) in [6.07, 6.45) is 7.49. The van der Waals surface area contributed by atoms with Gasteiger partial charge in [0, 0.05) is 6.04 Å². The molecule has 132 valence electrons. The number of aromatic nitrogens is 3. The Hall–Kier alpha value is -1.43. The Kier molecular flexibility index (Phi) is 4.33. The van der Waals surface area contributed by atoms with Gasteiger partial charge in [0.1, 0.15) is 0 Å². The molecule has 0 spiro atoms. The lowest BCUT2D eigenvalue weighted by Gasteiger charge is -2.28. The highest BCUT2D eigenvalue weighted by Crippen LogP contribution is 2.49. The van der Waals surface area contributed by atoms with Gasteiger partial charge in [0.25, 0.3) is 5.91 Å². The van der Waals surface area contributed by atoms with E-state index in [1.165, 1.54) is 25.7 Å². The van der Waals surface area contributed by atoms with Crippen molar-refractivity contribution in [1.82, 2.24) is 25.6 Å². The van der Waals surface area contributed by atoms with Gasteiger partial charge in [0.2, 0.25) is 0 Å². The van der Waals surface area contributed by atoms with Crippen molar-refractivity contribution in [3.05, 3.63) is 11.4 Å². The van der Waals surface area contributed by atoms with Crippen molar-refractivity contribution < 1.29 is 4.79 Å². The average molecular weight is 331 g/mol. The molecule has 3 fully saturated rings. The number of hydrogen-bond donors (Lipinski definition) is 2. The summed E-state index contributed by atoms with van der Waals surface area (Å²) in [6, 6.07) is 0.597. The van der Waals surface area contributed by atoms with Crippen LogP contribution in [0.15, 0.2) is 0 Å². The smallest absolute Gasteiger partial charge is 0.273 e. The highest BCUT2D eigenvalue weighted by molar-refractivity contribution is 5.93. The third-order valence-corrected chi connectivity index (χ3v) is 6.59. The van der Waals surface area contributed by atoms with E-state index in [4.69, 9.17) is 0 Å². The summed E-state index contributed by atoms with van der Waals surface area (Å²) in [5, 5.41) is 15.1. The summed E-state index contributed by atoms with van der Waals surface area (Å²) >= 11 is 0. The first kappa shape index (κ1) is 16.1. The number of nitrogens with one attached hydrogen (secondary N) is 2. The van der Waals surface area contributed by atoms with Crippen molar-refractivity contribution >= 4 is 5.91 Å². The van der Waals surface area contributed by atoms with Crippen molar-refractivity contribution in [2.24, 2.45) is 17.8 Å². The normalized spacial score (nSPS) is 31.3. The molecule has 2 aliphatic carbocycles. The Morgan fingerprint density at radius 2 is 2.04 bits per heavy atom. The summed E-state index contributed by atoms with van der Waals surface area (Å²) in [5.74, 6) is 2.31. The van der Waals surface area contributed by atoms with Gasteiger partial charge < -0.3 is 10.6 Å².